The summed E-state index contributed by atoms with van der Waals surface area (Å²) < 4.78 is 49.1. The fourth-order valence-electron chi connectivity index (χ4n) is 3.12. The van der Waals surface area contributed by atoms with Crippen LogP contribution in [0.15, 0.2) is 11.1 Å². The molecule has 9 atom stereocenters. The zero-order valence-corrected chi connectivity index (χ0v) is 21.8. The van der Waals surface area contributed by atoms with Crippen molar-refractivity contribution in [3.63, 3.8) is 0 Å². The van der Waals surface area contributed by atoms with Gasteiger partial charge in [-0.3, -0.25) is 23.7 Å². The highest BCUT2D eigenvalue weighted by molar-refractivity contribution is 7.60. The third-order valence-electron chi connectivity index (χ3n) is 5.07. The van der Waals surface area contributed by atoms with E-state index >= 15 is 0 Å². The summed E-state index contributed by atoms with van der Waals surface area (Å²) in [7, 11) is -10.5. The Labute approximate surface area is 221 Å². The number of aldehydes is 1. The first-order valence-corrected chi connectivity index (χ1v) is 13.6. The Morgan fingerprint density at radius 2 is 1.88 bits per heavy atom. The van der Waals surface area contributed by atoms with E-state index < -0.39 is 82.8 Å². The van der Waals surface area contributed by atoms with Gasteiger partial charge < -0.3 is 55.8 Å². The second-order valence-electron chi connectivity index (χ2n) is 8.18. The zero-order chi connectivity index (χ0) is 30.8. The molecule has 3 heterocycles. The Morgan fingerprint density at radius 1 is 1.27 bits per heavy atom. The van der Waals surface area contributed by atoms with Crippen molar-refractivity contribution in [3.8, 4) is 0 Å². The number of nitrogens with zero attached hydrogens (tertiary/aromatic N) is 3. The number of alkyl halides is 1. The lowest BCUT2D eigenvalue weighted by molar-refractivity contribution is -0.201. The first-order valence-electron chi connectivity index (χ1n) is 10.6. The second-order valence-corrected chi connectivity index (χ2v) is 11.0. The summed E-state index contributed by atoms with van der Waals surface area (Å²) in [4.78, 5) is 57.9. The number of carbonyl (C=O) groups excluding carboxylic acids is 1. The van der Waals surface area contributed by atoms with E-state index in [-0.39, 0.29) is 17.1 Å². The minimum absolute atomic E-state index is 0.0586. The van der Waals surface area contributed by atoms with Crippen LogP contribution in [0, 0.1) is 0 Å². The molecule has 3 rings (SSSR count). The van der Waals surface area contributed by atoms with Gasteiger partial charge in [0.2, 0.25) is 5.95 Å². The minimum atomic E-state index is -5.32. The summed E-state index contributed by atoms with van der Waals surface area (Å²) in [6, 6.07) is 0. The highest BCUT2D eigenvalue weighted by Crippen LogP contribution is 2.57. The Kier molecular flexibility index (Phi) is 10.8. The van der Waals surface area contributed by atoms with Gasteiger partial charge in [-0.05, 0) is 6.92 Å². The SMILES string of the molecule is C[C@H](O)[C@@H](O)[C@@H](O)[C@@](O)(F)C=O.Nc1nc2c(ncn2[C@@H]2O[C@H](COP(=O)(O)OP(=O)(O)O)[C@@H](O)[C@H]2O)c(=O)[nH]1. The van der Waals surface area contributed by atoms with E-state index in [4.69, 9.17) is 40.7 Å². The number of hydrogen-bond donors (Lipinski definition) is 11. The standard InChI is InChI=1S/C10H15N5O11P2.C6H11FO5/c11-10-13-7-4(8(18)14-10)12-2-15(7)9-6(17)5(16)3(25-9)1-24-28(22,23)26-27(19,20)21;1-3(9)4(10)5(11)6(7,12)2-8/h2-3,5-6,9,16-17H,1H2,(H,22,23)(H2,19,20,21)(H3,11,13,14,18);2-5,9-12H,1H3/t3-,5-,6-,9-;3-,4+,5+,6+/m10/s1. The number of rotatable bonds is 10. The number of nitrogen functional groups attached to an aromatic ring is 1. The van der Waals surface area contributed by atoms with Gasteiger partial charge >= 0.3 is 15.6 Å². The summed E-state index contributed by atoms with van der Waals surface area (Å²) in [5.41, 5.74) is 4.65. The van der Waals surface area contributed by atoms with E-state index in [0.717, 1.165) is 17.8 Å². The molecule has 0 aromatic carbocycles. The molecule has 1 saturated heterocycles. The number of aromatic nitrogens is 4. The number of carbonyl (C=O) groups is 1. The van der Waals surface area contributed by atoms with Gasteiger partial charge in [-0.25, -0.2) is 18.5 Å². The van der Waals surface area contributed by atoms with E-state index in [9.17, 15) is 38.2 Å². The number of aliphatic hydroxyl groups excluding tert-OH is 5. The van der Waals surface area contributed by atoms with Crippen molar-refractivity contribution in [1.29, 1.82) is 0 Å². The maximum Gasteiger partial charge on any atom is 0.481 e. The van der Waals surface area contributed by atoms with Crippen molar-refractivity contribution in [2.24, 2.45) is 0 Å². The number of nitrogens with two attached hydrogens (primary N) is 1. The van der Waals surface area contributed by atoms with Crippen LogP contribution in [-0.2, 0) is 27.5 Å². The Balaban J connectivity index is 0.000000395. The summed E-state index contributed by atoms with van der Waals surface area (Å²) in [6.45, 7) is 0.208. The molecule has 0 amide bonds. The lowest BCUT2D eigenvalue weighted by Crippen LogP contribution is -2.50. The number of anilines is 1. The monoisotopic (exact) mass is 625 g/mol. The van der Waals surface area contributed by atoms with Crippen LogP contribution < -0.4 is 11.3 Å². The van der Waals surface area contributed by atoms with Gasteiger partial charge in [0.05, 0.1) is 19.0 Å². The van der Waals surface area contributed by atoms with E-state index in [2.05, 4.69) is 23.8 Å². The number of halogens is 1. The fraction of sp³-hybridized carbons (Fsp3) is 0.625. The van der Waals surface area contributed by atoms with Crippen LogP contribution in [0.25, 0.3) is 11.2 Å². The first kappa shape index (κ1) is 33.9. The number of H-pyrrole nitrogens is 1. The maximum atomic E-state index is 12.5. The molecule has 2 aromatic heterocycles. The van der Waals surface area contributed by atoms with Gasteiger partial charge in [0, 0.05) is 0 Å². The van der Waals surface area contributed by atoms with Crippen molar-refractivity contribution in [3.05, 3.63) is 16.7 Å². The smallest absolute Gasteiger partial charge is 0.391 e. The van der Waals surface area contributed by atoms with E-state index in [1.165, 1.54) is 0 Å². The first-order chi connectivity index (χ1) is 18.2. The predicted molar refractivity (Wildman–Crippen MR) is 123 cm³/mol. The average Bonchev–Trinajstić information content (AvgIpc) is 3.36. The number of fused-ring (bicyclic) bond motifs is 1. The molecule has 228 valence electrons. The van der Waals surface area contributed by atoms with Crippen molar-refractivity contribution in [2.75, 3.05) is 12.3 Å². The van der Waals surface area contributed by atoms with E-state index in [1.807, 2.05) is 0 Å². The van der Waals surface area contributed by atoms with Crippen LogP contribution in [0.4, 0.5) is 10.3 Å². The quantitative estimate of drug-likeness (QED) is 0.0875. The molecule has 40 heavy (non-hydrogen) atoms. The second kappa shape index (κ2) is 12.7. The molecule has 0 spiro atoms. The largest absolute Gasteiger partial charge is 0.481 e. The molecule has 1 aliphatic heterocycles. The van der Waals surface area contributed by atoms with E-state index in [0.29, 0.717) is 0 Å². The molecule has 24 heteroatoms. The number of aromatic amines is 1. The summed E-state index contributed by atoms with van der Waals surface area (Å²) in [6.07, 6.45) is -11.1. The zero-order valence-electron chi connectivity index (χ0n) is 20.0. The molecule has 12 N–H and O–H groups in total. The van der Waals surface area contributed by atoms with Crippen molar-refractivity contribution in [1.82, 2.24) is 19.5 Å². The number of nitrogens with one attached hydrogen (secondary N) is 1. The maximum absolute atomic E-state index is 12.5. The Morgan fingerprint density at radius 3 is 2.40 bits per heavy atom. The lowest BCUT2D eigenvalue weighted by atomic mass is 10.0. The third-order valence-corrected chi connectivity index (χ3v) is 7.22. The van der Waals surface area contributed by atoms with Gasteiger partial charge in [0.1, 0.15) is 30.5 Å². The van der Waals surface area contributed by atoms with E-state index in [1.54, 1.807) is 0 Å². The predicted octanol–water partition coefficient (Wildman–Crippen LogP) is -4.51. The van der Waals surface area contributed by atoms with Crippen LogP contribution in [0.2, 0.25) is 0 Å². The molecule has 2 aromatic rings. The molecule has 0 saturated carbocycles. The third kappa shape index (κ3) is 8.38. The highest BCUT2D eigenvalue weighted by Gasteiger charge is 2.46. The molecule has 1 aliphatic rings. The van der Waals surface area contributed by atoms with Crippen molar-refractivity contribution in [2.45, 2.75) is 55.6 Å². The van der Waals surface area contributed by atoms with Crippen molar-refractivity contribution >= 4 is 39.0 Å². The molecular weight excluding hydrogens is 599 g/mol. The highest BCUT2D eigenvalue weighted by atomic mass is 31.3. The number of phosphoric acid groups is 2. The molecule has 1 unspecified atom stereocenters. The summed E-state index contributed by atoms with van der Waals surface area (Å²) in [5, 5.41) is 54.9. The molecule has 0 bridgehead atoms. The minimum Gasteiger partial charge on any atom is -0.391 e. The number of ether oxygens (including phenoxy) is 1. The number of imidazole rings is 1. The van der Waals surface area contributed by atoms with Gasteiger partial charge in [0.15, 0.2) is 23.7 Å². The number of hydrogen-bond acceptors (Lipinski definition) is 16. The molecule has 21 nitrogen and oxygen atoms in total. The normalized spacial score (nSPS) is 26.7. The number of aliphatic hydroxyl groups is 6. The average molecular weight is 625 g/mol. The molecule has 1 fully saturated rings. The van der Waals surface area contributed by atoms with Crippen LogP contribution >= 0.6 is 15.6 Å². The van der Waals surface area contributed by atoms with Crippen LogP contribution in [0.5, 0.6) is 0 Å². The van der Waals surface area contributed by atoms with Gasteiger partial charge in [-0.2, -0.15) is 9.29 Å². The Bertz CT molecular complexity index is 1330. The molecule has 0 aliphatic carbocycles. The lowest BCUT2D eigenvalue weighted by Gasteiger charge is -2.25. The van der Waals surface area contributed by atoms with Crippen LogP contribution in [0.3, 0.4) is 0 Å². The van der Waals surface area contributed by atoms with Gasteiger partial charge in [0.25, 0.3) is 11.4 Å². The molecular formula is C16H26FN5O16P2. The fourth-order valence-corrected chi connectivity index (χ4v) is 4.72. The van der Waals surface area contributed by atoms with Gasteiger partial charge in [-0.15, -0.1) is 0 Å². The van der Waals surface area contributed by atoms with Crippen molar-refractivity contribution < 1.29 is 77.2 Å². The Hall–Kier alpha value is -2.27. The number of phosphoric ester groups is 1. The summed E-state index contributed by atoms with van der Waals surface area (Å²) >= 11 is 0. The van der Waals surface area contributed by atoms with Crippen LogP contribution in [0.1, 0.15) is 13.2 Å². The van der Waals surface area contributed by atoms with Crippen LogP contribution in [-0.4, -0.2) is 120 Å². The summed E-state index contributed by atoms with van der Waals surface area (Å²) in [5.74, 6) is -3.76. The topological polar surface area (TPSA) is 351 Å². The molecule has 0 radical (unpaired) electrons. The van der Waals surface area contributed by atoms with Gasteiger partial charge in [-0.1, -0.05) is 0 Å².